The lowest BCUT2D eigenvalue weighted by Gasteiger charge is -2.18. The number of carboxylic acids is 1. The summed E-state index contributed by atoms with van der Waals surface area (Å²) >= 11 is 0. The van der Waals surface area contributed by atoms with Crippen LogP contribution < -0.4 is 5.48 Å². The van der Waals surface area contributed by atoms with Crippen molar-refractivity contribution in [2.45, 2.75) is 33.7 Å². The highest BCUT2D eigenvalue weighted by Crippen LogP contribution is 2.02. The normalized spacial score (nSPS) is 13.7. The molecule has 0 saturated heterocycles. The van der Waals surface area contributed by atoms with E-state index in [1.54, 1.807) is 0 Å². The third-order valence-electron chi connectivity index (χ3n) is 1.56. The predicted octanol–water partition coefficient (Wildman–Crippen LogP) is 1.27. The van der Waals surface area contributed by atoms with Crippen molar-refractivity contribution in [2.75, 3.05) is 6.61 Å². The van der Waals surface area contributed by atoms with Crippen molar-refractivity contribution in [3.8, 4) is 0 Å². The van der Waals surface area contributed by atoms with E-state index in [4.69, 9.17) is 9.94 Å². The maximum absolute atomic E-state index is 10.7. The highest BCUT2D eigenvalue weighted by Gasteiger charge is 2.21. The van der Waals surface area contributed by atoms with Gasteiger partial charge >= 0.3 is 5.97 Å². The Labute approximate surface area is 79.2 Å². The molecule has 0 aliphatic rings. The molecular formula is C9H19NO3. The summed E-state index contributed by atoms with van der Waals surface area (Å²) in [5, 5.41) is 8.77. The summed E-state index contributed by atoms with van der Waals surface area (Å²) in [7, 11) is 0. The van der Waals surface area contributed by atoms with Gasteiger partial charge in [-0.2, -0.15) is 5.48 Å². The Morgan fingerprint density at radius 1 is 1.38 bits per heavy atom. The average Bonchev–Trinajstić information content (AvgIpc) is 1.95. The Morgan fingerprint density at radius 3 is 2.23 bits per heavy atom. The number of carbonyl (C=O) groups is 1. The summed E-state index contributed by atoms with van der Waals surface area (Å²) in [6.07, 6.45) is 0. The lowest BCUT2D eigenvalue weighted by molar-refractivity contribution is -0.146. The lowest BCUT2D eigenvalue weighted by Crippen LogP contribution is -2.41. The van der Waals surface area contributed by atoms with E-state index in [2.05, 4.69) is 5.48 Å². The van der Waals surface area contributed by atoms with Crippen LogP contribution >= 0.6 is 0 Å². The molecule has 0 heterocycles. The Morgan fingerprint density at radius 2 is 1.92 bits per heavy atom. The number of hydrogen-bond acceptors (Lipinski definition) is 3. The predicted molar refractivity (Wildman–Crippen MR) is 50.2 cm³/mol. The molecule has 0 radical (unpaired) electrons. The number of hydrogen-bond donors (Lipinski definition) is 2. The SMILES string of the molecule is CC(C)CONC(C(=O)O)C(C)C. The highest BCUT2D eigenvalue weighted by molar-refractivity contribution is 5.73. The fourth-order valence-corrected chi connectivity index (χ4v) is 0.776. The molecule has 0 rings (SSSR count). The Hall–Kier alpha value is -0.610. The highest BCUT2D eigenvalue weighted by atomic mass is 16.6. The van der Waals surface area contributed by atoms with Crippen LogP contribution in [0.2, 0.25) is 0 Å². The topological polar surface area (TPSA) is 58.6 Å². The monoisotopic (exact) mass is 189 g/mol. The number of aliphatic carboxylic acids is 1. The first-order valence-corrected chi connectivity index (χ1v) is 4.55. The molecule has 0 amide bonds. The summed E-state index contributed by atoms with van der Waals surface area (Å²) in [5.41, 5.74) is 2.55. The molecule has 0 fully saturated rings. The third kappa shape index (κ3) is 5.60. The van der Waals surface area contributed by atoms with Crippen LogP contribution in [0.3, 0.4) is 0 Å². The molecule has 78 valence electrons. The number of nitrogens with one attached hydrogen (secondary N) is 1. The van der Waals surface area contributed by atoms with E-state index in [1.165, 1.54) is 0 Å². The molecule has 0 aliphatic heterocycles. The largest absolute Gasteiger partial charge is 0.480 e. The van der Waals surface area contributed by atoms with Gasteiger partial charge in [-0.15, -0.1) is 0 Å². The maximum Gasteiger partial charge on any atom is 0.323 e. The molecule has 13 heavy (non-hydrogen) atoms. The fraction of sp³-hybridized carbons (Fsp3) is 0.889. The van der Waals surface area contributed by atoms with Crippen LogP contribution in [0.4, 0.5) is 0 Å². The van der Waals surface area contributed by atoms with E-state index in [0.29, 0.717) is 12.5 Å². The van der Waals surface area contributed by atoms with Gasteiger partial charge in [0, 0.05) is 0 Å². The first-order valence-electron chi connectivity index (χ1n) is 4.55. The minimum atomic E-state index is -0.876. The molecule has 0 aromatic rings. The van der Waals surface area contributed by atoms with Crippen LogP contribution in [0.15, 0.2) is 0 Å². The summed E-state index contributed by atoms with van der Waals surface area (Å²) in [4.78, 5) is 15.7. The van der Waals surface area contributed by atoms with E-state index < -0.39 is 12.0 Å². The molecule has 0 aromatic heterocycles. The van der Waals surface area contributed by atoms with Crippen LogP contribution in [-0.2, 0) is 9.63 Å². The van der Waals surface area contributed by atoms with Gasteiger partial charge in [-0.3, -0.25) is 4.79 Å². The van der Waals surface area contributed by atoms with Crippen molar-refractivity contribution in [3.63, 3.8) is 0 Å². The molecule has 0 spiro atoms. The van der Waals surface area contributed by atoms with Gasteiger partial charge in [0.1, 0.15) is 6.04 Å². The molecule has 2 N–H and O–H groups in total. The maximum atomic E-state index is 10.7. The second-order valence-electron chi connectivity index (χ2n) is 3.88. The fourth-order valence-electron chi connectivity index (χ4n) is 0.776. The second-order valence-corrected chi connectivity index (χ2v) is 3.88. The molecular weight excluding hydrogens is 170 g/mol. The van der Waals surface area contributed by atoms with E-state index >= 15 is 0 Å². The van der Waals surface area contributed by atoms with Crippen LogP contribution in [0.1, 0.15) is 27.7 Å². The quantitative estimate of drug-likeness (QED) is 0.618. The average molecular weight is 189 g/mol. The minimum absolute atomic E-state index is 0.0182. The van der Waals surface area contributed by atoms with Crippen molar-refractivity contribution in [3.05, 3.63) is 0 Å². The second kappa shape index (κ2) is 5.94. The van der Waals surface area contributed by atoms with Crippen molar-refractivity contribution in [1.29, 1.82) is 0 Å². The van der Waals surface area contributed by atoms with E-state index in [1.807, 2.05) is 27.7 Å². The van der Waals surface area contributed by atoms with Gasteiger partial charge in [0.05, 0.1) is 6.61 Å². The first kappa shape index (κ1) is 12.4. The number of hydroxylamine groups is 1. The molecule has 0 bridgehead atoms. The van der Waals surface area contributed by atoms with Gasteiger partial charge in [-0.25, -0.2) is 0 Å². The van der Waals surface area contributed by atoms with Crippen molar-refractivity contribution < 1.29 is 14.7 Å². The standard InChI is InChI=1S/C9H19NO3/c1-6(2)5-13-10-8(7(3)4)9(11)12/h6-8,10H,5H2,1-4H3,(H,11,12). The zero-order valence-corrected chi connectivity index (χ0v) is 8.70. The van der Waals surface area contributed by atoms with Gasteiger partial charge in [-0.05, 0) is 11.8 Å². The summed E-state index contributed by atoms with van der Waals surface area (Å²) in [5.74, 6) is -0.461. The summed E-state index contributed by atoms with van der Waals surface area (Å²) in [6.45, 7) is 8.21. The van der Waals surface area contributed by atoms with E-state index in [-0.39, 0.29) is 5.92 Å². The van der Waals surface area contributed by atoms with Gasteiger partial charge in [0.25, 0.3) is 0 Å². The smallest absolute Gasteiger partial charge is 0.323 e. The number of rotatable bonds is 6. The Balaban J connectivity index is 3.77. The molecule has 4 heteroatoms. The van der Waals surface area contributed by atoms with E-state index in [9.17, 15) is 4.79 Å². The van der Waals surface area contributed by atoms with Gasteiger partial charge in [0.15, 0.2) is 0 Å². The van der Waals surface area contributed by atoms with Gasteiger partial charge in [0.2, 0.25) is 0 Å². The van der Waals surface area contributed by atoms with Crippen LogP contribution in [0.25, 0.3) is 0 Å². The summed E-state index contributed by atoms with van der Waals surface area (Å²) < 4.78 is 0. The Bertz CT molecular complexity index is 157. The molecule has 0 saturated carbocycles. The Kier molecular flexibility index (Phi) is 5.66. The summed E-state index contributed by atoms with van der Waals surface area (Å²) in [6, 6.07) is -0.626. The van der Waals surface area contributed by atoms with Crippen LogP contribution in [0, 0.1) is 11.8 Å². The van der Waals surface area contributed by atoms with Crippen LogP contribution in [0.5, 0.6) is 0 Å². The number of carboxylic acid groups (broad SMARTS) is 1. The van der Waals surface area contributed by atoms with Crippen molar-refractivity contribution in [1.82, 2.24) is 5.48 Å². The lowest BCUT2D eigenvalue weighted by atomic mass is 10.1. The molecule has 0 aliphatic carbocycles. The zero-order chi connectivity index (χ0) is 10.4. The molecule has 1 atom stereocenters. The van der Waals surface area contributed by atoms with Gasteiger partial charge in [-0.1, -0.05) is 27.7 Å². The van der Waals surface area contributed by atoms with Crippen molar-refractivity contribution >= 4 is 5.97 Å². The van der Waals surface area contributed by atoms with Crippen LogP contribution in [-0.4, -0.2) is 23.7 Å². The van der Waals surface area contributed by atoms with E-state index in [0.717, 1.165) is 0 Å². The van der Waals surface area contributed by atoms with Gasteiger partial charge < -0.3 is 9.94 Å². The minimum Gasteiger partial charge on any atom is -0.480 e. The molecule has 4 nitrogen and oxygen atoms in total. The molecule has 0 aromatic carbocycles. The third-order valence-corrected chi connectivity index (χ3v) is 1.56. The van der Waals surface area contributed by atoms with Crippen molar-refractivity contribution in [2.24, 2.45) is 11.8 Å². The first-order chi connectivity index (χ1) is 5.95. The molecule has 1 unspecified atom stereocenters. The zero-order valence-electron chi connectivity index (χ0n) is 8.70.